The van der Waals surface area contributed by atoms with Gasteiger partial charge in [-0.3, -0.25) is 0 Å². The Morgan fingerprint density at radius 2 is 2.25 bits per heavy atom. The maximum absolute atomic E-state index is 11.5. The van der Waals surface area contributed by atoms with Gasteiger partial charge in [0.25, 0.3) is 0 Å². The van der Waals surface area contributed by atoms with Gasteiger partial charge in [0.05, 0.1) is 18.9 Å². The fourth-order valence-electron chi connectivity index (χ4n) is 1.63. The number of nitriles is 1. The van der Waals surface area contributed by atoms with Gasteiger partial charge in [0.1, 0.15) is 17.5 Å². The lowest BCUT2D eigenvalue weighted by Crippen LogP contribution is -2.03. The van der Waals surface area contributed by atoms with Crippen LogP contribution in [0.1, 0.15) is 21.7 Å². The van der Waals surface area contributed by atoms with Crippen LogP contribution in [0.15, 0.2) is 30.5 Å². The molecule has 0 atom stereocenters. The van der Waals surface area contributed by atoms with Crippen molar-refractivity contribution in [2.45, 2.75) is 6.92 Å². The zero-order valence-electron chi connectivity index (χ0n) is 11.0. The third-order valence-corrected chi connectivity index (χ3v) is 2.58. The summed E-state index contributed by atoms with van der Waals surface area (Å²) in [6.45, 7) is 1.73. The molecule has 0 unspecified atom stereocenters. The van der Waals surface area contributed by atoms with Crippen molar-refractivity contribution < 1.29 is 9.53 Å². The Kier molecular flexibility index (Phi) is 3.91. The van der Waals surface area contributed by atoms with Gasteiger partial charge in [0, 0.05) is 5.69 Å². The Hall–Kier alpha value is -2.94. The first kappa shape index (κ1) is 13.5. The van der Waals surface area contributed by atoms with E-state index in [1.165, 1.54) is 13.3 Å². The second-order valence-electron chi connectivity index (χ2n) is 3.99. The van der Waals surface area contributed by atoms with E-state index in [4.69, 9.17) is 5.26 Å². The molecule has 2 rings (SSSR count). The van der Waals surface area contributed by atoms with Gasteiger partial charge in [-0.05, 0) is 25.1 Å². The molecule has 1 N–H and O–H groups in total. The van der Waals surface area contributed by atoms with Crippen LogP contribution in [0.2, 0.25) is 0 Å². The van der Waals surface area contributed by atoms with Crippen LogP contribution in [0, 0.1) is 18.3 Å². The van der Waals surface area contributed by atoms with Crippen molar-refractivity contribution in [1.29, 1.82) is 5.26 Å². The molecule has 6 heteroatoms. The molecule has 1 aromatic heterocycles. The van der Waals surface area contributed by atoms with Crippen molar-refractivity contribution in [3.63, 3.8) is 0 Å². The van der Waals surface area contributed by atoms with E-state index in [0.29, 0.717) is 28.5 Å². The number of methoxy groups -OCH3 is 1. The molecule has 0 aliphatic rings. The van der Waals surface area contributed by atoms with Crippen LogP contribution in [-0.2, 0) is 4.74 Å². The number of ether oxygens (including phenoxy) is 1. The first-order chi connectivity index (χ1) is 9.63. The largest absolute Gasteiger partial charge is 0.465 e. The minimum atomic E-state index is -0.423. The summed E-state index contributed by atoms with van der Waals surface area (Å²) < 4.78 is 4.66. The Labute approximate surface area is 116 Å². The highest BCUT2D eigenvalue weighted by molar-refractivity contribution is 5.90. The van der Waals surface area contributed by atoms with E-state index in [-0.39, 0.29) is 0 Å². The molecule has 2 aromatic rings. The lowest BCUT2D eigenvalue weighted by atomic mass is 10.2. The highest BCUT2D eigenvalue weighted by Gasteiger charge is 2.08. The van der Waals surface area contributed by atoms with Gasteiger partial charge in [-0.25, -0.2) is 14.8 Å². The topological polar surface area (TPSA) is 87.9 Å². The minimum absolute atomic E-state index is 0.332. The quantitative estimate of drug-likeness (QED) is 0.858. The van der Waals surface area contributed by atoms with E-state index in [0.717, 1.165) is 0 Å². The fourth-order valence-corrected chi connectivity index (χ4v) is 1.63. The van der Waals surface area contributed by atoms with E-state index in [1.807, 2.05) is 6.07 Å². The molecule has 0 radical (unpaired) electrons. The van der Waals surface area contributed by atoms with Crippen LogP contribution in [0.25, 0.3) is 0 Å². The van der Waals surface area contributed by atoms with Crippen molar-refractivity contribution in [3.05, 3.63) is 47.4 Å². The molecular formula is C14H12N4O2. The number of carbonyl (C=O) groups excluding carboxylic acids is 1. The second-order valence-corrected chi connectivity index (χ2v) is 3.99. The molecule has 1 aromatic carbocycles. The van der Waals surface area contributed by atoms with Gasteiger partial charge in [0.15, 0.2) is 5.82 Å². The normalized spacial score (nSPS) is 9.65. The summed E-state index contributed by atoms with van der Waals surface area (Å²) in [7, 11) is 1.32. The molecule has 0 spiro atoms. The minimum Gasteiger partial charge on any atom is -0.465 e. The van der Waals surface area contributed by atoms with Gasteiger partial charge in [-0.15, -0.1) is 0 Å². The number of esters is 1. The number of carbonyl (C=O) groups is 1. The number of benzene rings is 1. The molecule has 0 saturated carbocycles. The molecule has 1 heterocycles. The summed E-state index contributed by atoms with van der Waals surface area (Å²) in [5.41, 5.74) is 1.39. The van der Waals surface area contributed by atoms with Gasteiger partial charge >= 0.3 is 5.97 Å². The lowest BCUT2D eigenvalue weighted by Gasteiger charge is -2.08. The first-order valence-corrected chi connectivity index (χ1v) is 5.83. The number of aromatic nitrogens is 2. The Balaban J connectivity index is 2.33. The van der Waals surface area contributed by atoms with Gasteiger partial charge in [-0.1, -0.05) is 6.07 Å². The summed E-state index contributed by atoms with van der Waals surface area (Å²) in [6, 6.07) is 8.77. The predicted molar refractivity (Wildman–Crippen MR) is 72.5 cm³/mol. The average molecular weight is 268 g/mol. The zero-order chi connectivity index (χ0) is 14.5. The van der Waals surface area contributed by atoms with E-state index in [9.17, 15) is 4.79 Å². The van der Waals surface area contributed by atoms with Crippen LogP contribution in [-0.4, -0.2) is 23.0 Å². The van der Waals surface area contributed by atoms with Crippen molar-refractivity contribution >= 4 is 17.5 Å². The van der Waals surface area contributed by atoms with Crippen LogP contribution in [0.4, 0.5) is 11.5 Å². The molecule has 0 amide bonds. The number of nitrogens with zero attached hydrogens (tertiary/aromatic N) is 3. The molecule has 20 heavy (non-hydrogen) atoms. The molecule has 0 saturated heterocycles. The fraction of sp³-hybridized carbons (Fsp3) is 0.143. The van der Waals surface area contributed by atoms with Gasteiger partial charge in [-0.2, -0.15) is 5.26 Å². The van der Waals surface area contributed by atoms with E-state index >= 15 is 0 Å². The monoisotopic (exact) mass is 268 g/mol. The van der Waals surface area contributed by atoms with Crippen molar-refractivity contribution in [2.24, 2.45) is 0 Å². The lowest BCUT2D eigenvalue weighted by molar-refractivity contribution is 0.0601. The number of aryl methyl sites for hydroxylation is 1. The summed E-state index contributed by atoms with van der Waals surface area (Å²) in [6.07, 6.45) is 1.45. The number of anilines is 2. The molecular weight excluding hydrogens is 256 g/mol. The van der Waals surface area contributed by atoms with E-state index in [1.54, 1.807) is 31.2 Å². The summed E-state index contributed by atoms with van der Waals surface area (Å²) in [4.78, 5) is 19.6. The molecule has 0 fully saturated rings. The Morgan fingerprint density at radius 1 is 1.45 bits per heavy atom. The maximum atomic E-state index is 11.5. The van der Waals surface area contributed by atoms with Crippen LogP contribution >= 0.6 is 0 Å². The van der Waals surface area contributed by atoms with Gasteiger partial charge in [0.2, 0.25) is 0 Å². The van der Waals surface area contributed by atoms with E-state index in [2.05, 4.69) is 20.0 Å². The van der Waals surface area contributed by atoms with Gasteiger partial charge < -0.3 is 10.1 Å². The Bertz CT molecular complexity index is 692. The number of hydrogen-bond donors (Lipinski definition) is 1. The van der Waals surface area contributed by atoms with Crippen LogP contribution < -0.4 is 5.32 Å². The maximum Gasteiger partial charge on any atom is 0.337 e. The van der Waals surface area contributed by atoms with Crippen molar-refractivity contribution in [2.75, 3.05) is 12.4 Å². The predicted octanol–water partition coefficient (Wildman–Crippen LogP) is 2.19. The molecule has 100 valence electrons. The summed E-state index contributed by atoms with van der Waals surface area (Å²) >= 11 is 0. The molecule has 6 nitrogen and oxygen atoms in total. The number of rotatable bonds is 3. The summed E-state index contributed by atoms with van der Waals surface area (Å²) in [5.74, 6) is 0.533. The molecule has 0 bridgehead atoms. The third kappa shape index (κ3) is 2.90. The Morgan fingerprint density at radius 3 is 2.95 bits per heavy atom. The zero-order valence-corrected chi connectivity index (χ0v) is 11.0. The average Bonchev–Trinajstić information content (AvgIpc) is 2.47. The third-order valence-electron chi connectivity index (χ3n) is 2.58. The molecule has 0 aliphatic heterocycles. The van der Waals surface area contributed by atoms with Crippen LogP contribution in [0.5, 0.6) is 0 Å². The standard InChI is InChI=1S/C14H12N4O2/c1-9-16-8-11(7-15)13(17-9)18-12-5-3-4-10(6-12)14(19)20-2/h3-6,8H,1-2H3,(H,16,17,18). The highest BCUT2D eigenvalue weighted by atomic mass is 16.5. The highest BCUT2D eigenvalue weighted by Crippen LogP contribution is 2.19. The van der Waals surface area contributed by atoms with Crippen molar-refractivity contribution in [1.82, 2.24) is 9.97 Å². The van der Waals surface area contributed by atoms with Crippen molar-refractivity contribution in [3.8, 4) is 6.07 Å². The molecule has 0 aliphatic carbocycles. The smallest absolute Gasteiger partial charge is 0.337 e. The van der Waals surface area contributed by atoms with E-state index < -0.39 is 5.97 Å². The second kappa shape index (κ2) is 5.80. The SMILES string of the molecule is COC(=O)c1cccc(Nc2nc(C)ncc2C#N)c1. The van der Waals surface area contributed by atoms with Crippen LogP contribution in [0.3, 0.4) is 0 Å². The first-order valence-electron chi connectivity index (χ1n) is 5.83. The summed E-state index contributed by atoms with van der Waals surface area (Å²) in [5, 5.41) is 12.0. The number of nitrogens with one attached hydrogen (secondary N) is 1. The number of hydrogen-bond acceptors (Lipinski definition) is 6.